The van der Waals surface area contributed by atoms with Gasteiger partial charge in [0.2, 0.25) is 5.13 Å². The summed E-state index contributed by atoms with van der Waals surface area (Å²) in [5.74, 6) is 0.583. The molecule has 2 rings (SSSR count). The number of nitrogens with one attached hydrogen (secondary N) is 1. The summed E-state index contributed by atoms with van der Waals surface area (Å²) >= 11 is 3.20. The summed E-state index contributed by atoms with van der Waals surface area (Å²) in [6.07, 6.45) is 4.97. The van der Waals surface area contributed by atoms with Crippen molar-refractivity contribution < 1.29 is 4.39 Å². The van der Waals surface area contributed by atoms with E-state index in [4.69, 9.17) is 0 Å². The minimum Gasteiger partial charge on any atom is -0.360 e. The standard InChI is InChI=1S/C15H20FN3S2/c1-2-3-4-5-10-17-14-18-19-15(21-14)20-11-12-6-8-13(16)9-7-12/h6-9H,2-5,10-11H2,1H3,(H,17,18). The summed E-state index contributed by atoms with van der Waals surface area (Å²) in [6, 6.07) is 6.57. The first-order valence-electron chi connectivity index (χ1n) is 7.22. The first-order chi connectivity index (χ1) is 10.3. The van der Waals surface area contributed by atoms with Crippen LogP contribution in [0.4, 0.5) is 9.52 Å². The van der Waals surface area contributed by atoms with Crippen LogP contribution in [0, 0.1) is 5.82 Å². The number of aromatic nitrogens is 2. The van der Waals surface area contributed by atoms with Gasteiger partial charge < -0.3 is 5.32 Å². The molecule has 0 atom stereocenters. The fourth-order valence-corrected chi connectivity index (χ4v) is 3.55. The highest BCUT2D eigenvalue weighted by Gasteiger charge is 2.05. The number of thioether (sulfide) groups is 1. The van der Waals surface area contributed by atoms with Gasteiger partial charge in [-0.25, -0.2) is 4.39 Å². The van der Waals surface area contributed by atoms with E-state index in [1.165, 1.54) is 37.8 Å². The second-order valence-corrected chi connectivity index (χ2v) is 6.98. The van der Waals surface area contributed by atoms with Crippen molar-refractivity contribution in [3.05, 3.63) is 35.6 Å². The molecule has 0 aliphatic carbocycles. The Morgan fingerprint density at radius 3 is 2.71 bits per heavy atom. The van der Waals surface area contributed by atoms with Crippen molar-refractivity contribution >= 4 is 28.2 Å². The molecule has 0 amide bonds. The van der Waals surface area contributed by atoms with Crippen molar-refractivity contribution in [1.82, 2.24) is 10.2 Å². The summed E-state index contributed by atoms with van der Waals surface area (Å²) < 4.78 is 13.8. The fraction of sp³-hybridized carbons (Fsp3) is 0.467. The average molecular weight is 325 g/mol. The van der Waals surface area contributed by atoms with Crippen molar-refractivity contribution in [1.29, 1.82) is 0 Å². The van der Waals surface area contributed by atoms with Crippen LogP contribution in [-0.4, -0.2) is 16.7 Å². The maximum atomic E-state index is 12.8. The highest BCUT2D eigenvalue weighted by molar-refractivity contribution is 8.00. The third kappa shape index (κ3) is 6.01. The lowest BCUT2D eigenvalue weighted by atomic mass is 10.2. The first kappa shape index (κ1) is 16.2. The van der Waals surface area contributed by atoms with Crippen LogP contribution < -0.4 is 5.32 Å². The Kier molecular flexibility index (Phi) is 6.95. The lowest BCUT2D eigenvalue weighted by molar-refractivity contribution is 0.627. The molecule has 0 unspecified atom stereocenters. The van der Waals surface area contributed by atoms with E-state index in [1.807, 2.05) is 0 Å². The predicted octanol–water partition coefficient (Wildman–Crippen LogP) is 4.96. The zero-order chi connectivity index (χ0) is 14.9. The van der Waals surface area contributed by atoms with Gasteiger partial charge in [0.1, 0.15) is 5.82 Å². The molecule has 1 aromatic heterocycles. The van der Waals surface area contributed by atoms with Gasteiger partial charge in [0.15, 0.2) is 4.34 Å². The molecule has 1 N–H and O–H groups in total. The number of benzene rings is 1. The predicted molar refractivity (Wildman–Crippen MR) is 88.5 cm³/mol. The normalized spacial score (nSPS) is 10.8. The van der Waals surface area contributed by atoms with Gasteiger partial charge in [-0.05, 0) is 24.1 Å². The van der Waals surface area contributed by atoms with Gasteiger partial charge in [-0.15, -0.1) is 10.2 Å². The van der Waals surface area contributed by atoms with Crippen LogP contribution in [0.1, 0.15) is 38.2 Å². The van der Waals surface area contributed by atoms with Crippen molar-refractivity contribution in [2.45, 2.75) is 42.7 Å². The van der Waals surface area contributed by atoms with E-state index in [0.29, 0.717) is 0 Å². The molecule has 0 spiro atoms. The molecule has 0 fully saturated rings. The van der Waals surface area contributed by atoms with Crippen molar-refractivity contribution in [3.8, 4) is 0 Å². The van der Waals surface area contributed by atoms with Gasteiger partial charge in [0.05, 0.1) is 0 Å². The van der Waals surface area contributed by atoms with Gasteiger partial charge >= 0.3 is 0 Å². The summed E-state index contributed by atoms with van der Waals surface area (Å²) in [7, 11) is 0. The van der Waals surface area contributed by atoms with Crippen LogP contribution in [0.5, 0.6) is 0 Å². The molecular weight excluding hydrogens is 305 g/mol. The van der Waals surface area contributed by atoms with E-state index in [1.54, 1.807) is 35.2 Å². The number of unbranched alkanes of at least 4 members (excludes halogenated alkanes) is 3. The molecule has 0 saturated heterocycles. The Labute approximate surface area is 133 Å². The summed E-state index contributed by atoms with van der Waals surface area (Å²) in [5.41, 5.74) is 1.09. The Hall–Kier alpha value is -1.14. The molecule has 21 heavy (non-hydrogen) atoms. The van der Waals surface area contributed by atoms with Gasteiger partial charge in [0, 0.05) is 12.3 Å². The molecule has 1 heterocycles. The molecule has 3 nitrogen and oxygen atoms in total. The van der Waals surface area contributed by atoms with Crippen LogP contribution in [0.15, 0.2) is 28.6 Å². The van der Waals surface area contributed by atoms with Crippen molar-refractivity contribution in [2.24, 2.45) is 0 Å². The summed E-state index contributed by atoms with van der Waals surface area (Å²) in [4.78, 5) is 0. The van der Waals surface area contributed by atoms with Gasteiger partial charge in [-0.3, -0.25) is 0 Å². The van der Waals surface area contributed by atoms with Crippen LogP contribution in [0.2, 0.25) is 0 Å². The lowest BCUT2D eigenvalue weighted by Gasteiger charge is -2.00. The van der Waals surface area contributed by atoms with Gasteiger partial charge in [-0.1, -0.05) is 61.4 Å². The fourth-order valence-electron chi connectivity index (χ4n) is 1.81. The van der Waals surface area contributed by atoms with Crippen molar-refractivity contribution in [3.63, 3.8) is 0 Å². The second kappa shape index (κ2) is 9.00. The number of nitrogens with zero attached hydrogens (tertiary/aromatic N) is 2. The van der Waals surface area contributed by atoms with Crippen LogP contribution >= 0.6 is 23.1 Å². The third-order valence-electron chi connectivity index (χ3n) is 2.99. The van der Waals surface area contributed by atoms with Crippen LogP contribution in [0.25, 0.3) is 0 Å². The maximum Gasteiger partial charge on any atom is 0.206 e. The molecule has 2 aromatic rings. The largest absolute Gasteiger partial charge is 0.360 e. The van der Waals surface area contributed by atoms with Gasteiger partial charge in [0.25, 0.3) is 0 Å². The molecule has 0 aliphatic heterocycles. The molecule has 0 bridgehead atoms. The molecule has 0 aliphatic rings. The van der Waals surface area contributed by atoms with E-state index in [2.05, 4.69) is 22.4 Å². The lowest BCUT2D eigenvalue weighted by Crippen LogP contribution is -2.00. The highest BCUT2D eigenvalue weighted by atomic mass is 32.2. The Morgan fingerprint density at radius 2 is 1.95 bits per heavy atom. The SMILES string of the molecule is CCCCCCNc1nnc(SCc2ccc(F)cc2)s1. The topological polar surface area (TPSA) is 37.8 Å². The zero-order valence-electron chi connectivity index (χ0n) is 12.1. The van der Waals surface area contributed by atoms with Gasteiger partial charge in [-0.2, -0.15) is 0 Å². The Bertz CT molecular complexity index is 528. The van der Waals surface area contributed by atoms with E-state index in [0.717, 1.165) is 27.3 Å². The molecule has 0 saturated carbocycles. The quantitative estimate of drug-likeness (QED) is 0.522. The van der Waals surface area contributed by atoms with E-state index in [-0.39, 0.29) is 5.82 Å². The Morgan fingerprint density at radius 1 is 1.14 bits per heavy atom. The third-order valence-corrected chi connectivity index (χ3v) is 5.07. The zero-order valence-corrected chi connectivity index (χ0v) is 13.8. The minimum atomic E-state index is -0.200. The number of hydrogen-bond acceptors (Lipinski definition) is 5. The molecule has 6 heteroatoms. The van der Waals surface area contributed by atoms with Crippen molar-refractivity contribution in [2.75, 3.05) is 11.9 Å². The smallest absolute Gasteiger partial charge is 0.206 e. The number of rotatable bonds is 9. The maximum absolute atomic E-state index is 12.8. The second-order valence-electron chi connectivity index (χ2n) is 4.78. The monoisotopic (exact) mass is 325 g/mol. The minimum absolute atomic E-state index is 0.200. The van der Waals surface area contributed by atoms with E-state index >= 15 is 0 Å². The average Bonchev–Trinajstić information content (AvgIpc) is 2.94. The molecule has 114 valence electrons. The summed E-state index contributed by atoms with van der Waals surface area (Å²) in [6.45, 7) is 3.17. The molecular formula is C15H20FN3S2. The molecule has 1 aromatic carbocycles. The van der Waals surface area contributed by atoms with Crippen LogP contribution in [-0.2, 0) is 5.75 Å². The van der Waals surface area contributed by atoms with E-state index < -0.39 is 0 Å². The highest BCUT2D eigenvalue weighted by Crippen LogP contribution is 2.28. The Balaban J connectivity index is 1.71. The number of halogens is 1. The first-order valence-corrected chi connectivity index (χ1v) is 9.02. The summed E-state index contributed by atoms with van der Waals surface area (Å²) in [5, 5.41) is 12.5. The number of anilines is 1. The van der Waals surface area contributed by atoms with E-state index in [9.17, 15) is 4.39 Å². The van der Waals surface area contributed by atoms with Crippen LogP contribution in [0.3, 0.4) is 0 Å². The number of hydrogen-bond donors (Lipinski definition) is 1. The molecule has 0 radical (unpaired) electrons.